The average Bonchev–Trinajstić information content (AvgIpc) is 1.98. The van der Waals surface area contributed by atoms with E-state index in [1.165, 1.54) is 0 Å². The number of carboxylic acids is 1. The molecule has 10 heavy (non-hydrogen) atoms. The van der Waals surface area contributed by atoms with Gasteiger partial charge in [0.25, 0.3) is 0 Å². The quantitative estimate of drug-likeness (QED) is 0.494. The lowest BCUT2D eigenvalue weighted by atomic mass is 10.00. The van der Waals surface area contributed by atoms with Crippen LogP contribution in [-0.2, 0) is 4.79 Å². The largest absolute Gasteiger partial charge is 0.480 e. The molecule has 0 aromatic carbocycles. The van der Waals surface area contributed by atoms with Crippen molar-refractivity contribution < 1.29 is 11.3 Å². The maximum absolute atomic E-state index is 10.3. The third-order valence-corrected chi connectivity index (χ3v) is 1.33. The predicted octanol–water partition coefficient (Wildman–Crippen LogP) is -0.617. The van der Waals surface area contributed by atoms with Gasteiger partial charge in [-0.2, -0.15) is 0 Å². The fourth-order valence-corrected chi connectivity index (χ4v) is 0.595. The number of hydrogen-bond donors (Lipinski definition) is 3. The molecule has 0 aliphatic heterocycles. The van der Waals surface area contributed by atoms with Crippen LogP contribution in [0.2, 0.25) is 0 Å². The van der Waals surface area contributed by atoms with E-state index in [9.17, 15) is 4.79 Å². The molecule has 5 N–H and O–H groups in total. The third-order valence-electron chi connectivity index (χ3n) is 1.33. The molecule has 0 radical (unpaired) electrons. The molecule has 0 aliphatic rings. The van der Waals surface area contributed by atoms with Crippen LogP contribution in [0.1, 0.15) is 14.7 Å². The highest BCUT2D eigenvalue weighted by atomic mass is 16.4. The zero-order chi connectivity index (χ0) is 8.85. The number of carboxylic acid groups (broad SMARTS) is 1. The van der Waals surface area contributed by atoms with E-state index in [0.29, 0.717) is 13.0 Å². The smallest absolute Gasteiger partial charge is 0.320 e. The van der Waals surface area contributed by atoms with Gasteiger partial charge < -0.3 is 16.6 Å². The summed E-state index contributed by atoms with van der Waals surface area (Å²) >= 11 is 0. The second kappa shape index (κ2) is 4.24. The van der Waals surface area contributed by atoms with Crippen molar-refractivity contribution in [3.05, 3.63) is 0 Å². The van der Waals surface area contributed by atoms with Gasteiger partial charge in [-0.3, -0.25) is 4.79 Å². The van der Waals surface area contributed by atoms with Crippen LogP contribution in [0.4, 0.5) is 0 Å². The summed E-state index contributed by atoms with van der Waals surface area (Å²) in [7, 11) is 0. The average molecular weight is 147 g/mol. The molecular formula is C6H14N2O2. The van der Waals surface area contributed by atoms with Crippen molar-refractivity contribution in [2.45, 2.75) is 19.4 Å². The summed E-state index contributed by atoms with van der Waals surface area (Å²) in [4.78, 5) is 10.3. The van der Waals surface area contributed by atoms with Gasteiger partial charge in [0.2, 0.25) is 0 Å². The molecule has 60 valence electrons. The molecule has 0 heterocycles. The minimum Gasteiger partial charge on any atom is -0.480 e. The zero-order valence-electron chi connectivity index (χ0n) is 6.79. The molecule has 0 aliphatic carbocycles. The Morgan fingerprint density at radius 3 is 2.80 bits per heavy atom. The Hall–Kier alpha value is -0.610. The van der Waals surface area contributed by atoms with Gasteiger partial charge in [0.05, 0.1) is 0 Å². The summed E-state index contributed by atoms with van der Waals surface area (Å²) in [6.07, 6.45) is 0.497. The number of aliphatic carboxylic acids is 1. The van der Waals surface area contributed by atoms with Gasteiger partial charge in [0.1, 0.15) is 6.04 Å². The molecule has 0 aromatic rings. The minimum atomic E-state index is -1.06. The van der Waals surface area contributed by atoms with Gasteiger partial charge in [-0.05, 0) is 18.9 Å². The molecule has 0 bridgehead atoms. The molecule has 0 amide bonds. The molecule has 0 rings (SSSR count). The standard InChI is InChI=1S/C6H14N2O2/c1-4(2-3-7)5(8)6(9)10/h4-5H,2-3,7-8H2,1H3,(H,9,10)/t4-,5+/m1/s1/i1D. The molecule has 0 fully saturated rings. The van der Waals surface area contributed by atoms with Crippen LogP contribution in [0, 0.1) is 5.92 Å². The van der Waals surface area contributed by atoms with E-state index < -0.39 is 12.0 Å². The second-order valence-electron chi connectivity index (χ2n) is 2.20. The molecule has 0 saturated heterocycles. The zero-order valence-corrected chi connectivity index (χ0v) is 5.79. The van der Waals surface area contributed by atoms with Crippen molar-refractivity contribution in [1.29, 1.82) is 0 Å². The van der Waals surface area contributed by atoms with Crippen LogP contribution in [0.25, 0.3) is 0 Å². The topological polar surface area (TPSA) is 89.3 Å². The predicted molar refractivity (Wildman–Crippen MR) is 38.4 cm³/mol. The minimum absolute atomic E-state index is 0.0185. The van der Waals surface area contributed by atoms with Gasteiger partial charge in [0, 0.05) is 1.37 Å². The Bertz CT molecular complexity index is 132. The summed E-state index contributed by atoms with van der Waals surface area (Å²) < 4.78 is 6.99. The van der Waals surface area contributed by atoms with E-state index in [4.69, 9.17) is 17.9 Å². The Morgan fingerprint density at radius 2 is 2.50 bits per heavy atom. The maximum Gasteiger partial charge on any atom is 0.320 e. The lowest BCUT2D eigenvalue weighted by Gasteiger charge is -2.13. The lowest BCUT2D eigenvalue weighted by molar-refractivity contribution is -0.139. The second-order valence-corrected chi connectivity index (χ2v) is 2.20. The van der Waals surface area contributed by atoms with E-state index in [-0.39, 0.29) is 12.8 Å². The summed E-state index contributed by atoms with van der Waals surface area (Å²) in [5.41, 5.74) is 10.5. The molecule has 0 spiro atoms. The van der Waals surface area contributed by atoms with Crippen LogP contribution in [-0.4, -0.2) is 23.7 Å². The Labute approximate surface area is 61.6 Å². The van der Waals surface area contributed by atoms with Gasteiger partial charge >= 0.3 is 5.97 Å². The highest BCUT2D eigenvalue weighted by Crippen LogP contribution is 2.04. The number of hydrogen-bond acceptors (Lipinski definition) is 3. The van der Waals surface area contributed by atoms with Crippen LogP contribution in [0.15, 0.2) is 0 Å². The van der Waals surface area contributed by atoms with Gasteiger partial charge in [-0.15, -0.1) is 0 Å². The van der Waals surface area contributed by atoms with Crippen molar-refractivity contribution in [2.75, 3.05) is 6.54 Å². The third kappa shape index (κ3) is 2.80. The first-order valence-corrected chi connectivity index (χ1v) is 3.11. The van der Waals surface area contributed by atoms with Crippen LogP contribution in [0.5, 0.6) is 0 Å². The molecule has 4 nitrogen and oxygen atoms in total. The first-order valence-electron chi connectivity index (χ1n) is 3.81. The summed E-state index contributed by atoms with van der Waals surface area (Å²) in [5, 5.41) is 8.46. The fraction of sp³-hybridized carbons (Fsp3) is 0.833. The van der Waals surface area contributed by atoms with E-state index in [1.54, 1.807) is 0 Å². The Balaban J connectivity index is 3.91. The van der Waals surface area contributed by atoms with Crippen molar-refractivity contribution in [2.24, 2.45) is 17.4 Å². The van der Waals surface area contributed by atoms with E-state index in [0.717, 1.165) is 0 Å². The van der Waals surface area contributed by atoms with Crippen molar-refractivity contribution in [3.8, 4) is 0 Å². The number of rotatable bonds is 4. The summed E-state index contributed by atoms with van der Waals surface area (Å²) in [6, 6.07) is -0.948. The first kappa shape index (κ1) is 7.50. The lowest BCUT2D eigenvalue weighted by Crippen LogP contribution is -2.37. The molecule has 0 saturated carbocycles. The molecule has 0 unspecified atom stereocenters. The highest BCUT2D eigenvalue weighted by Gasteiger charge is 2.18. The van der Waals surface area contributed by atoms with Gasteiger partial charge in [-0.25, -0.2) is 0 Å². The summed E-state index contributed by atoms with van der Waals surface area (Å²) in [6.45, 7) is 0.398. The SMILES string of the molecule is [2H]C[C@H](CCN)[C@H](N)C(=O)O. The summed E-state index contributed by atoms with van der Waals surface area (Å²) in [5.74, 6) is -1.38. The fourth-order valence-electron chi connectivity index (χ4n) is 0.595. The van der Waals surface area contributed by atoms with Crippen LogP contribution < -0.4 is 11.5 Å². The molecule has 0 aromatic heterocycles. The molecular weight excluding hydrogens is 132 g/mol. The van der Waals surface area contributed by atoms with E-state index >= 15 is 0 Å². The van der Waals surface area contributed by atoms with Gasteiger partial charge in [0.15, 0.2) is 0 Å². The monoisotopic (exact) mass is 147 g/mol. The first-order chi connectivity index (χ1) is 5.13. The van der Waals surface area contributed by atoms with Crippen LogP contribution in [0.3, 0.4) is 0 Å². The number of nitrogens with two attached hydrogens (primary N) is 2. The van der Waals surface area contributed by atoms with Crippen molar-refractivity contribution in [3.63, 3.8) is 0 Å². The molecule has 4 heteroatoms. The maximum atomic E-state index is 10.3. The molecule has 2 atom stereocenters. The van der Waals surface area contributed by atoms with E-state index in [2.05, 4.69) is 0 Å². The number of carbonyl (C=O) groups is 1. The van der Waals surface area contributed by atoms with Crippen LogP contribution >= 0.6 is 0 Å². The Morgan fingerprint density at radius 1 is 1.90 bits per heavy atom. The van der Waals surface area contributed by atoms with Gasteiger partial charge in [-0.1, -0.05) is 6.90 Å². The normalized spacial score (nSPS) is 17.6. The van der Waals surface area contributed by atoms with Crippen molar-refractivity contribution in [1.82, 2.24) is 0 Å². The Kier molecular flexibility index (Phi) is 3.18. The van der Waals surface area contributed by atoms with Crippen molar-refractivity contribution >= 4 is 5.97 Å². The van der Waals surface area contributed by atoms with E-state index in [1.807, 2.05) is 0 Å². The highest BCUT2D eigenvalue weighted by molar-refractivity contribution is 5.73.